The summed E-state index contributed by atoms with van der Waals surface area (Å²) < 4.78 is 55.7. The SMILES string of the molecule is CC1(C)c2nc(-c3ccc(F)cc3)c(Nc3ccc(F)cc3)n2CCN1S(=O)(=O)CCO. The molecule has 0 spiro atoms. The maximum Gasteiger partial charge on any atom is 0.217 e. The number of rotatable bonds is 6. The largest absolute Gasteiger partial charge is 0.395 e. The van der Waals surface area contributed by atoms with E-state index < -0.39 is 22.2 Å². The number of hydrogen-bond donors (Lipinski definition) is 2. The van der Waals surface area contributed by atoms with Gasteiger partial charge >= 0.3 is 0 Å². The molecule has 1 aliphatic heterocycles. The second-order valence-electron chi connectivity index (χ2n) is 8.09. The first-order valence-corrected chi connectivity index (χ1v) is 11.8. The summed E-state index contributed by atoms with van der Waals surface area (Å²) in [6.07, 6.45) is 0. The van der Waals surface area contributed by atoms with Crippen LogP contribution in [0.5, 0.6) is 0 Å². The summed E-state index contributed by atoms with van der Waals surface area (Å²) in [4.78, 5) is 4.78. The van der Waals surface area contributed by atoms with Gasteiger partial charge in [-0.05, 0) is 62.4 Å². The van der Waals surface area contributed by atoms with Gasteiger partial charge in [0, 0.05) is 24.3 Å². The Morgan fingerprint density at radius 2 is 1.62 bits per heavy atom. The normalized spacial score (nSPS) is 16.0. The minimum atomic E-state index is -3.70. The summed E-state index contributed by atoms with van der Waals surface area (Å²) in [6, 6.07) is 11.7. The second-order valence-corrected chi connectivity index (χ2v) is 10.1. The maximum absolute atomic E-state index is 13.5. The summed E-state index contributed by atoms with van der Waals surface area (Å²) in [7, 11) is -3.70. The van der Waals surface area contributed by atoms with Crippen molar-refractivity contribution in [3.63, 3.8) is 0 Å². The van der Waals surface area contributed by atoms with Crippen LogP contribution in [0.25, 0.3) is 11.3 Å². The Bertz CT molecular complexity index is 1220. The Labute approximate surface area is 185 Å². The Balaban J connectivity index is 1.85. The average Bonchev–Trinajstić information content (AvgIpc) is 3.10. The van der Waals surface area contributed by atoms with Crippen LogP contribution in [0, 0.1) is 11.6 Å². The van der Waals surface area contributed by atoms with E-state index in [1.54, 1.807) is 38.1 Å². The van der Waals surface area contributed by atoms with E-state index in [4.69, 9.17) is 4.98 Å². The predicted molar refractivity (Wildman–Crippen MR) is 118 cm³/mol. The van der Waals surface area contributed by atoms with E-state index in [2.05, 4.69) is 5.32 Å². The molecule has 32 heavy (non-hydrogen) atoms. The Hall–Kier alpha value is -2.82. The molecular weight excluding hydrogens is 438 g/mol. The zero-order valence-corrected chi connectivity index (χ0v) is 18.5. The number of aliphatic hydroxyl groups is 1. The van der Waals surface area contributed by atoms with Gasteiger partial charge in [-0.2, -0.15) is 4.31 Å². The highest BCUT2D eigenvalue weighted by atomic mass is 32.2. The molecule has 7 nitrogen and oxygen atoms in total. The number of sulfonamides is 1. The van der Waals surface area contributed by atoms with Gasteiger partial charge in [0.1, 0.15) is 29.0 Å². The van der Waals surface area contributed by atoms with Crippen LogP contribution in [0.2, 0.25) is 0 Å². The number of nitrogens with one attached hydrogen (secondary N) is 1. The third-order valence-electron chi connectivity index (χ3n) is 5.57. The van der Waals surface area contributed by atoms with Gasteiger partial charge in [-0.1, -0.05) is 0 Å². The van der Waals surface area contributed by atoms with Crippen molar-refractivity contribution in [2.75, 3.05) is 24.2 Å². The van der Waals surface area contributed by atoms with Gasteiger partial charge in [-0.25, -0.2) is 22.2 Å². The summed E-state index contributed by atoms with van der Waals surface area (Å²) in [5, 5.41) is 12.5. The number of benzene rings is 2. The second kappa shape index (κ2) is 8.27. The Morgan fingerprint density at radius 3 is 2.22 bits per heavy atom. The van der Waals surface area contributed by atoms with Crippen LogP contribution in [-0.2, 0) is 22.1 Å². The molecule has 0 aliphatic carbocycles. The number of nitrogens with zero attached hydrogens (tertiary/aromatic N) is 3. The molecule has 0 bridgehead atoms. The number of hydrogen-bond acceptors (Lipinski definition) is 5. The molecule has 0 fully saturated rings. The molecule has 4 rings (SSSR count). The molecule has 10 heteroatoms. The Kier molecular flexibility index (Phi) is 5.78. The number of imidazole rings is 1. The smallest absolute Gasteiger partial charge is 0.217 e. The molecule has 0 unspecified atom stereocenters. The third kappa shape index (κ3) is 4.01. The standard InChI is InChI=1S/C22H24F2N4O3S/c1-22(2)21-26-19(15-3-5-16(23)6-4-15)20(25-18-9-7-17(24)8-10-18)27(21)11-12-28(22)32(30,31)14-13-29/h3-10,25,29H,11-14H2,1-2H3. The van der Waals surface area contributed by atoms with E-state index in [-0.39, 0.29) is 23.9 Å². The molecule has 1 aromatic heterocycles. The van der Waals surface area contributed by atoms with E-state index in [1.807, 2.05) is 4.57 Å². The van der Waals surface area contributed by atoms with Crippen LogP contribution in [0.4, 0.5) is 20.3 Å². The lowest BCUT2D eigenvalue weighted by Crippen LogP contribution is -2.52. The fraction of sp³-hybridized carbons (Fsp3) is 0.318. The molecule has 3 aromatic rings. The first kappa shape index (κ1) is 22.4. The molecule has 1 aliphatic rings. The van der Waals surface area contributed by atoms with E-state index in [9.17, 15) is 22.3 Å². The number of aromatic nitrogens is 2. The molecule has 0 saturated carbocycles. The topological polar surface area (TPSA) is 87.5 Å². The van der Waals surface area contributed by atoms with Crippen molar-refractivity contribution in [3.05, 3.63) is 66.0 Å². The van der Waals surface area contributed by atoms with Crippen molar-refractivity contribution >= 4 is 21.5 Å². The zero-order chi connectivity index (χ0) is 23.1. The van der Waals surface area contributed by atoms with Gasteiger partial charge in [-0.15, -0.1) is 0 Å². The summed E-state index contributed by atoms with van der Waals surface area (Å²) in [5.74, 6) is -0.00890. The molecule has 0 amide bonds. The van der Waals surface area contributed by atoms with Crippen molar-refractivity contribution in [3.8, 4) is 11.3 Å². The molecule has 2 heterocycles. The van der Waals surface area contributed by atoms with Crippen LogP contribution < -0.4 is 5.32 Å². The lowest BCUT2D eigenvalue weighted by atomic mass is 10.0. The van der Waals surface area contributed by atoms with Crippen molar-refractivity contribution in [2.45, 2.75) is 25.9 Å². The van der Waals surface area contributed by atoms with Crippen LogP contribution in [0.15, 0.2) is 48.5 Å². The van der Waals surface area contributed by atoms with Crippen LogP contribution in [-0.4, -0.2) is 46.3 Å². The molecule has 2 N–H and O–H groups in total. The predicted octanol–water partition coefficient (Wildman–Crippen LogP) is 3.44. The molecule has 0 radical (unpaired) electrons. The molecule has 2 aromatic carbocycles. The maximum atomic E-state index is 13.5. The van der Waals surface area contributed by atoms with Crippen molar-refractivity contribution in [2.24, 2.45) is 0 Å². The number of anilines is 2. The summed E-state index contributed by atoms with van der Waals surface area (Å²) in [6.45, 7) is 3.56. The highest BCUT2D eigenvalue weighted by Gasteiger charge is 2.44. The Morgan fingerprint density at radius 1 is 1.03 bits per heavy atom. The third-order valence-corrected chi connectivity index (χ3v) is 7.58. The highest BCUT2D eigenvalue weighted by Crippen LogP contribution is 2.40. The van der Waals surface area contributed by atoms with Crippen molar-refractivity contribution in [1.82, 2.24) is 13.9 Å². The fourth-order valence-corrected chi connectivity index (χ4v) is 5.63. The fourth-order valence-electron chi connectivity index (χ4n) is 4.04. The highest BCUT2D eigenvalue weighted by molar-refractivity contribution is 7.89. The minimum Gasteiger partial charge on any atom is -0.395 e. The van der Waals surface area contributed by atoms with E-state index in [0.29, 0.717) is 35.1 Å². The van der Waals surface area contributed by atoms with Gasteiger partial charge < -0.3 is 15.0 Å². The monoisotopic (exact) mass is 462 g/mol. The molecule has 0 atom stereocenters. The first-order chi connectivity index (χ1) is 15.1. The van der Waals surface area contributed by atoms with Crippen molar-refractivity contribution < 1.29 is 22.3 Å². The zero-order valence-electron chi connectivity index (χ0n) is 17.7. The first-order valence-electron chi connectivity index (χ1n) is 10.1. The molecule has 170 valence electrons. The van der Waals surface area contributed by atoms with E-state index >= 15 is 0 Å². The summed E-state index contributed by atoms with van der Waals surface area (Å²) >= 11 is 0. The van der Waals surface area contributed by atoms with Crippen molar-refractivity contribution in [1.29, 1.82) is 0 Å². The van der Waals surface area contributed by atoms with Gasteiger partial charge in [0.2, 0.25) is 10.0 Å². The number of halogens is 2. The number of aliphatic hydroxyl groups excluding tert-OH is 1. The van der Waals surface area contributed by atoms with Gasteiger partial charge in [-0.3, -0.25) is 0 Å². The van der Waals surface area contributed by atoms with Gasteiger partial charge in [0.15, 0.2) is 0 Å². The summed E-state index contributed by atoms with van der Waals surface area (Å²) in [5.41, 5.74) is 0.812. The molecule has 0 saturated heterocycles. The lowest BCUT2D eigenvalue weighted by molar-refractivity contribution is 0.174. The van der Waals surface area contributed by atoms with Gasteiger partial charge in [0.05, 0.1) is 17.9 Å². The van der Waals surface area contributed by atoms with Crippen LogP contribution in [0.3, 0.4) is 0 Å². The van der Waals surface area contributed by atoms with Crippen LogP contribution in [0.1, 0.15) is 19.7 Å². The average molecular weight is 463 g/mol. The van der Waals surface area contributed by atoms with Gasteiger partial charge in [0.25, 0.3) is 0 Å². The lowest BCUT2D eigenvalue weighted by Gasteiger charge is -2.41. The minimum absolute atomic E-state index is 0.194. The van der Waals surface area contributed by atoms with E-state index in [1.165, 1.54) is 28.6 Å². The number of fused-ring (bicyclic) bond motifs is 1. The van der Waals surface area contributed by atoms with Crippen LogP contribution >= 0.6 is 0 Å². The molecular formula is C22H24F2N4O3S. The van der Waals surface area contributed by atoms with E-state index in [0.717, 1.165) is 0 Å². The quantitative estimate of drug-likeness (QED) is 0.586.